The average Bonchev–Trinajstić information content (AvgIpc) is 2.94. The molecule has 5 nitrogen and oxygen atoms in total. The quantitative estimate of drug-likeness (QED) is 0.808. The summed E-state index contributed by atoms with van der Waals surface area (Å²) in [5.74, 6) is -0.184. The topological polar surface area (TPSA) is 64.4 Å². The maximum absolute atomic E-state index is 12.0. The van der Waals surface area contributed by atoms with Gasteiger partial charge in [0.25, 0.3) is 5.91 Å². The van der Waals surface area contributed by atoms with Gasteiger partial charge in [-0.25, -0.2) is 0 Å². The Bertz CT molecular complexity index is 522. The Morgan fingerprint density at radius 2 is 2.16 bits per heavy atom. The van der Waals surface area contributed by atoms with Gasteiger partial charge in [-0.1, -0.05) is 35.5 Å². The van der Waals surface area contributed by atoms with E-state index in [9.17, 15) is 4.79 Å². The van der Waals surface area contributed by atoms with Crippen molar-refractivity contribution < 1.29 is 14.1 Å². The molecule has 0 spiro atoms. The molecule has 0 aliphatic heterocycles. The second-order valence-corrected chi connectivity index (χ2v) is 4.05. The minimum Gasteiger partial charge on any atom is -0.385 e. The van der Waals surface area contributed by atoms with Crippen molar-refractivity contribution in [3.05, 3.63) is 42.2 Å². The highest BCUT2D eigenvalue weighted by Gasteiger charge is 2.16. The van der Waals surface area contributed by atoms with Gasteiger partial charge >= 0.3 is 0 Å². The molecule has 0 aliphatic carbocycles. The van der Waals surface area contributed by atoms with E-state index in [1.807, 2.05) is 30.3 Å². The van der Waals surface area contributed by atoms with Gasteiger partial charge in [0.15, 0.2) is 0 Å². The van der Waals surface area contributed by atoms with Crippen LogP contribution < -0.4 is 5.32 Å². The molecule has 1 N–H and O–H groups in total. The molecule has 1 amide bonds. The molecule has 0 unspecified atom stereocenters. The van der Waals surface area contributed by atoms with Crippen molar-refractivity contribution in [2.45, 2.75) is 6.42 Å². The molecule has 0 saturated carbocycles. The minimum atomic E-state index is -0.184. The van der Waals surface area contributed by atoms with E-state index in [1.165, 1.54) is 6.26 Å². The van der Waals surface area contributed by atoms with Gasteiger partial charge in [0.05, 0.1) is 0 Å². The summed E-state index contributed by atoms with van der Waals surface area (Å²) in [6.07, 6.45) is 2.14. The van der Waals surface area contributed by atoms with Gasteiger partial charge in [-0.2, -0.15) is 0 Å². The first kappa shape index (κ1) is 13.3. The normalized spacial score (nSPS) is 10.4. The third kappa shape index (κ3) is 3.42. The van der Waals surface area contributed by atoms with Crippen LogP contribution in [0.5, 0.6) is 0 Å². The fourth-order valence-corrected chi connectivity index (χ4v) is 1.72. The highest BCUT2D eigenvalue weighted by molar-refractivity contribution is 5.99. The maximum Gasteiger partial charge on any atom is 0.256 e. The third-order valence-corrected chi connectivity index (χ3v) is 2.67. The smallest absolute Gasteiger partial charge is 0.256 e. The number of aromatic nitrogens is 1. The second kappa shape index (κ2) is 6.70. The zero-order chi connectivity index (χ0) is 13.5. The predicted molar refractivity (Wildman–Crippen MR) is 70.8 cm³/mol. The number of carbonyl (C=O) groups excluding carboxylic acids is 1. The molecule has 0 radical (unpaired) electrons. The summed E-state index contributed by atoms with van der Waals surface area (Å²) in [7, 11) is 1.63. The summed E-state index contributed by atoms with van der Waals surface area (Å²) in [5, 5.41) is 6.70. The van der Waals surface area contributed by atoms with Crippen molar-refractivity contribution in [3.8, 4) is 11.3 Å². The molecule has 100 valence electrons. The Kier molecular flexibility index (Phi) is 4.69. The van der Waals surface area contributed by atoms with Crippen LogP contribution in [0.15, 0.2) is 41.1 Å². The largest absolute Gasteiger partial charge is 0.385 e. The molecular weight excluding hydrogens is 244 g/mol. The lowest BCUT2D eigenvalue weighted by atomic mass is 10.1. The zero-order valence-electron chi connectivity index (χ0n) is 10.8. The summed E-state index contributed by atoms with van der Waals surface area (Å²) in [5.41, 5.74) is 1.87. The molecule has 1 aromatic carbocycles. The number of hydrogen-bond donors (Lipinski definition) is 1. The van der Waals surface area contributed by atoms with Crippen LogP contribution in [0, 0.1) is 0 Å². The van der Waals surface area contributed by atoms with Gasteiger partial charge < -0.3 is 14.6 Å². The van der Waals surface area contributed by atoms with Crippen molar-refractivity contribution in [1.82, 2.24) is 10.5 Å². The SMILES string of the molecule is COCCCNC(=O)c1conc1-c1ccccc1. The van der Waals surface area contributed by atoms with Crippen molar-refractivity contribution >= 4 is 5.91 Å². The molecule has 1 heterocycles. The first-order chi connectivity index (χ1) is 9.33. The monoisotopic (exact) mass is 260 g/mol. The maximum atomic E-state index is 12.0. The number of ether oxygens (including phenoxy) is 1. The first-order valence-electron chi connectivity index (χ1n) is 6.10. The van der Waals surface area contributed by atoms with E-state index in [-0.39, 0.29) is 5.91 Å². The molecule has 19 heavy (non-hydrogen) atoms. The van der Waals surface area contributed by atoms with Crippen LogP contribution >= 0.6 is 0 Å². The summed E-state index contributed by atoms with van der Waals surface area (Å²) in [4.78, 5) is 12.0. The fourth-order valence-electron chi connectivity index (χ4n) is 1.72. The number of hydrogen-bond acceptors (Lipinski definition) is 4. The van der Waals surface area contributed by atoms with Gasteiger partial charge in [0, 0.05) is 25.8 Å². The van der Waals surface area contributed by atoms with E-state index >= 15 is 0 Å². The van der Waals surface area contributed by atoms with Crippen LogP contribution in [0.25, 0.3) is 11.3 Å². The highest BCUT2D eigenvalue weighted by Crippen LogP contribution is 2.21. The van der Waals surface area contributed by atoms with Crippen molar-refractivity contribution in [3.63, 3.8) is 0 Å². The Labute approximate surface area is 111 Å². The molecule has 0 bridgehead atoms. The van der Waals surface area contributed by atoms with Crippen LogP contribution in [0.2, 0.25) is 0 Å². The molecule has 0 fully saturated rings. The van der Waals surface area contributed by atoms with Crippen molar-refractivity contribution in [2.75, 3.05) is 20.3 Å². The second-order valence-electron chi connectivity index (χ2n) is 4.05. The van der Waals surface area contributed by atoms with E-state index in [2.05, 4.69) is 10.5 Å². The Balaban J connectivity index is 2.05. The van der Waals surface area contributed by atoms with Crippen molar-refractivity contribution in [1.29, 1.82) is 0 Å². The average molecular weight is 260 g/mol. The van der Waals surface area contributed by atoms with Crippen molar-refractivity contribution in [2.24, 2.45) is 0 Å². The number of nitrogens with one attached hydrogen (secondary N) is 1. The highest BCUT2D eigenvalue weighted by atomic mass is 16.5. The van der Waals surface area contributed by atoms with Gasteiger partial charge in [-0.05, 0) is 6.42 Å². The predicted octanol–water partition coefficient (Wildman–Crippen LogP) is 2.11. The van der Waals surface area contributed by atoms with Gasteiger partial charge in [0.2, 0.25) is 0 Å². The number of carbonyl (C=O) groups is 1. The lowest BCUT2D eigenvalue weighted by Gasteiger charge is -2.04. The number of benzene rings is 1. The lowest BCUT2D eigenvalue weighted by molar-refractivity contribution is 0.0948. The van der Waals surface area contributed by atoms with E-state index in [0.717, 1.165) is 12.0 Å². The van der Waals surface area contributed by atoms with Gasteiger partial charge in [-0.3, -0.25) is 4.79 Å². The number of methoxy groups -OCH3 is 1. The zero-order valence-corrected chi connectivity index (χ0v) is 10.8. The van der Waals surface area contributed by atoms with Gasteiger partial charge in [-0.15, -0.1) is 0 Å². The number of amides is 1. The molecule has 0 atom stereocenters. The Morgan fingerprint density at radius 3 is 2.89 bits per heavy atom. The van der Waals surface area contributed by atoms with E-state index in [4.69, 9.17) is 9.26 Å². The van der Waals surface area contributed by atoms with E-state index in [1.54, 1.807) is 7.11 Å². The summed E-state index contributed by atoms with van der Waals surface area (Å²) in [6, 6.07) is 9.47. The van der Waals surface area contributed by atoms with Gasteiger partial charge in [0.1, 0.15) is 17.5 Å². The summed E-state index contributed by atoms with van der Waals surface area (Å²) >= 11 is 0. The van der Waals surface area contributed by atoms with Crippen LogP contribution in [-0.2, 0) is 4.74 Å². The third-order valence-electron chi connectivity index (χ3n) is 2.67. The fraction of sp³-hybridized carbons (Fsp3) is 0.286. The first-order valence-corrected chi connectivity index (χ1v) is 6.10. The molecule has 2 aromatic rings. The molecule has 5 heteroatoms. The molecule has 1 aromatic heterocycles. The Hall–Kier alpha value is -2.14. The van der Waals surface area contributed by atoms with Crippen LogP contribution in [-0.4, -0.2) is 31.3 Å². The molecule has 0 aliphatic rings. The van der Waals surface area contributed by atoms with E-state index in [0.29, 0.717) is 24.4 Å². The van der Waals surface area contributed by atoms with E-state index < -0.39 is 0 Å². The molecule has 2 rings (SSSR count). The number of nitrogens with zero attached hydrogens (tertiary/aromatic N) is 1. The van der Waals surface area contributed by atoms with Crippen LogP contribution in [0.4, 0.5) is 0 Å². The number of rotatable bonds is 6. The Morgan fingerprint density at radius 1 is 1.37 bits per heavy atom. The van der Waals surface area contributed by atoms with Crippen LogP contribution in [0.3, 0.4) is 0 Å². The van der Waals surface area contributed by atoms with Crippen LogP contribution in [0.1, 0.15) is 16.8 Å². The molecule has 0 saturated heterocycles. The standard InChI is InChI=1S/C14H16N2O3/c1-18-9-5-8-15-14(17)12-10-19-16-13(12)11-6-3-2-4-7-11/h2-4,6-7,10H,5,8-9H2,1H3,(H,15,17). The lowest BCUT2D eigenvalue weighted by Crippen LogP contribution is -2.25. The summed E-state index contributed by atoms with van der Waals surface area (Å²) in [6.45, 7) is 1.18. The molecular formula is C14H16N2O3. The minimum absolute atomic E-state index is 0.184. The summed E-state index contributed by atoms with van der Waals surface area (Å²) < 4.78 is 9.84.